The number of benzene rings is 2. The Morgan fingerprint density at radius 1 is 0.962 bits per heavy atom. The van der Waals surface area contributed by atoms with Crippen LogP contribution in [0, 0.1) is 0 Å². The third kappa shape index (κ3) is 3.27. The minimum absolute atomic E-state index is 0.997. The zero-order valence-corrected chi connectivity index (χ0v) is 16.2. The Bertz CT molecular complexity index is 929. The van der Waals surface area contributed by atoms with E-state index < -0.39 is 0 Å². The minimum Gasteiger partial charge on any atom is -0.354 e. The van der Waals surface area contributed by atoms with Gasteiger partial charge in [0.2, 0.25) is 0 Å². The zero-order chi connectivity index (χ0) is 17.3. The molecule has 1 fully saturated rings. The first-order valence-corrected chi connectivity index (χ1v) is 10.9. The van der Waals surface area contributed by atoms with Gasteiger partial charge in [0.05, 0.1) is 23.6 Å². The van der Waals surface area contributed by atoms with Crippen LogP contribution in [-0.2, 0) is 6.54 Å². The first-order valence-electron chi connectivity index (χ1n) is 9.20. The molecule has 5 heteroatoms. The molecule has 26 heavy (non-hydrogen) atoms. The number of thiazole rings is 1. The van der Waals surface area contributed by atoms with Gasteiger partial charge in [-0.3, -0.25) is 4.90 Å². The van der Waals surface area contributed by atoms with Gasteiger partial charge in [0.25, 0.3) is 0 Å². The summed E-state index contributed by atoms with van der Waals surface area (Å²) >= 11 is 3.61. The van der Waals surface area contributed by atoms with Gasteiger partial charge in [0, 0.05) is 20.7 Å². The van der Waals surface area contributed by atoms with E-state index in [1.165, 1.54) is 64.1 Å². The van der Waals surface area contributed by atoms with Crippen LogP contribution in [-0.4, -0.2) is 23.0 Å². The molecule has 132 valence electrons. The summed E-state index contributed by atoms with van der Waals surface area (Å²) < 4.78 is 0. The predicted molar refractivity (Wildman–Crippen MR) is 111 cm³/mol. The average molecular weight is 380 g/mol. The van der Waals surface area contributed by atoms with Crippen LogP contribution in [0.25, 0.3) is 11.3 Å². The number of nitrogens with one attached hydrogen (secondary N) is 1. The molecule has 2 aromatic carbocycles. The number of nitrogens with zero attached hydrogens (tertiary/aromatic N) is 2. The van der Waals surface area contributed by atoms with E-state index in [0.29, 0.717) is 0 Å². The monoisotopic (exact) mass is 379 g/mol. The second-order valence-electron chi connectivity index (χ2n) is 6.90. The van der Waals surface area contributed by atoms with Crippen molar-refractivity contribution in [1.29, 1.82) is 0 Å². The van der Waals surface area contributed by atoms with E-state index in [1.54, 1.807) is 11.3 Å². The molecule has 0 atom stereocenters. The number of rotatable bonds is 3. The molecule has 0 aliphatic carbocycles. The minimum atomic E-state index is 0.997. The lowest BCUT2D eigenvalue weighted by Crippen LogP contribution is -2.28. The van der Waals surface area contributed by atoms with Crippen LogP contribution in [0.2, 0.25) is 0 Å². The summed E-state index contributed by atoms with van der Waals surface area (Å²) in [6, 6.07) is 15.1. The number of likely N-dealkylation sites (tertiary alicyclic amines) is 1. The van der Waals surface area contributed by atoms with Crippen molar-refractivity contribution in [2.45, 2.75) is 35.6 Å². The summed E-state index contributed by atoms with van der Waals surface area (Å²) in [5.41, 5.74) is 4.65. The van der Waals surface area contributed by atoms with Crippen molar-refractivity contribution in [3.05, 3.63) is 52.9 Å². The first-order chi connectivity index (χ1) is 12.8. The van der Waals surface area contributed by atoms with Gasteiger partial charge < -0.3 is 5.32 Å². The van der Waals surface area contributed by atoms with Gasteiger partial charge in [0.15, 0.2) is 0 Å². The largest absolute Gasteiger partial charge is 0.354 e. The second-order valence-corrected chi connectivity index (χ2v) is 8.92. The van der Waals surface area contributed by atoms with Crippen LogP contribution in [0.15, 0.2) is 57.6 Å². The van der Waals surface area contributed by atoms with Crippen molar-refractivity contribution < 1.29 is 0 Å². The summed E-state index contributed by atoms with van der Waals surface area (Å²) in [4.78, 5) is 10.0. The Labute approximate surface area is 162 Å². The lowest BCUT2D eigenvalue weighted by molar-refractivity contribution is 0.220. The fraction of sp³-hybridized carbons (Fsp3) is 0.286. The van der Waals surface area contributed by atoms with Crippen LogP contribution in [0.4, 0.5) is 11.4 Å². The van der Waals surface area contributed by atoms with Gasteiger partial charge in [-0.05, 0) is 50.2 Å². The van der Waals surface area contributed by atoms with Crippen molar-refractivity contribution in [1.82, 2.24) is 9.88 Å². The van der Waals surface area contributed by atoms with Gasteiger partial charge in [-0.2, -0.15) is 0 Å². The average Bonchev–Trinajstić information content (AvgIpc) is 3.15. The number of hydrogen-bond acceptors (Lipinski definition) is 5. The summed E-state index contributed by atoms with van der Waals surface area (Å²) in [7, 11) is 0. The van der Waals surface area contributed by atoms with Gasteiger partial charge in [-0.15, -0.1) is 11.3 Å². The van der Waals surface area contributed by atoms with Crippen LogP contribution in [0.3, 0.4) is 0 Å². The Hall–Kier alpha value is -1.82. The van der Waals surface area contributed by atoms with Crippen LogP contribution >= 0.6 is 23.1 Å². The number of fused-ring (bicyclic) bond motifs is 2. The zero-order valence-electron chi connectivity index (χ0n) is 14.6. The van der Waals surface area contributed by atoms with Gasteiger partial charge in [-0.25, -0.2) is 4.98 Å². The third-order valence-electron chi connectivity index (χ3n) is 5.01. The van der Waals surface area contributed by atoms with E-state index in [1.807, 2.05) is 11.8 Å². The van der Waals surface area contributed by atoms with E-state index in [-0.39, 0.29) is 0 Å². The molecular formula is C21H21N3S2. The highest BCUT2D eigenvalue weighted by Crippen LogP contribution is 2.45. The molecule has 3 aromatic rings. The Balaban J connectivity index is 1.37. The second kappa shape index (κ2) is 7.06. The maximum Gasteiger partial charge on any atom is 0.107 e. The third-order valence-corrected chi connectivity index (χ3v) is 7.00. The maximum atomic E-state index is 4.91. The molecule has 0 radical (unpaired) electrons. The molecule has 1 N–H and O–H groups in total. The molecule has 3 heterocycles. The van der Waals surface area contributed by atoms with Crippen molar-refractivity contribution in [2.24, 2.45) is 0 Å². The van der Waals surface area contributed by atoms with Gasteiger partial charge in [-0.1, -0.05) is 36.4 Å². The van der Waals surface area contributed by atoms with E-state index in [2.05, 4.69) is 58.1 Å². The summed E-state index contributed by atoms with van der Waals surface area (Å²) in [5, 5.41) is 7.00. The first kappa shape index (κ1) is 16.4. The number of para-hydroxylation sites is 1. The molecule has 2 aliphatic rings. The Morgan fingerprint density at radius 3 is 2.73 bits per heavy atom. The van der Waals surface area contributed by atoms with Crippen molar-refractivity contribution in [3.63, 3.8) is 0 Å². The number of aromatic nitrogens is 1. The molecule has 0 unspecified atom stereocenters. The Morgan fingerprint density at radius 2 is 1.81 bits per heavy atom. The van der Waals surface area contributed by atoms with E-state index >= 15 is 0 Å². The molecule has 1 saturated heterocycles. The normalized spacial score (nSPS) is 16.6. The number of anilines is 2. The number of piperidine rings is 1. The van der Waals surface area contributed by atoms with Crippen LogP contribution in [0.1, 0.15) is 24.3 Å². The lowest BCUT2D eigenvalue weighted by Gasteiger charge is -2.25. The van der Waals surface area contributed by atoms with Crippen molar-refractivity contribution in [2.75, 3.05) is 18.4 Å². The topological polar surface area (TPSA) is 28.2 Å². The molecule has 0 spiro atoms. The number of hydrogen-bond donors (Lipinski definition) is 1. The van der Waals surface area contributed by atoms with E-state index in [0.717, 1.165) is 12.2 Å². The SMILES string of the molecule is c1ccc2c(c1)Nc1cc(-c3csc(CN4CCCCC4)n3)ccc1S2. The highest BCUT2D eigenvalue weighted by Gasteiger charge is 2.17. The van der Waals surface area contributed by atoms with Crippen molar-refractivity contribution in [3.8, 4) is 11.3 Å². The molecule has 1 aromatic heterocycles. The smallest absolute Gasteiger partial charge is 0.107 e. The molecule has 3 nitrogen and oxygen atoms in total. The van der Waals surface area contributed by atoms with Crippen molar-refractivity contribution >= 4 is 34.5 Å². The quantitative estimate of drug-likeness (QED) is 0.472. The Kier molecular flexibility index (Phi) is 4.44. The van der Waals surface area contributed by atoms with Gasteiger partial charge >= 0.3 is 0 Å². The highest BCUT2D eigenvalue weighted by molar-refractivity contribution is 7.99. The highest BCUT2D eigenvalue weighted by atomic mass is 32.2. The summed E-state index contributed by atoms with van der Waals surface area (Å²) in [6.45, 7) is 3.43. The van der Waals surface area contributed by atoms with Crippen LogP contribution in [0.5, 0.6) is 0 Å². The summed E-state index contributed by atoms with van der Waals surface area (Å²) in [5.74, 6) is 0. The molecule has 0 saturated carbocycles. The standard InChI is InChI=1S/C21H21N3S2/c1-4-10-24(11-5-1)13-21-23-18(14-25-21)15-8-9-20-17(12-15)22-16-6-2-3-7-19(16)26-20/h2-3,6-9,12,14,22H,1,4-5,10-11,13H2. The molecule has 0 amide bonds. The van der Waals surface area contributed by atoms with E-state index in [9.17, 15) is 0 Å². The van der Waals surface area contributed by atoms with E-state index in [4.69, 9.17) is 4.98 Å². The van der Waals surface area contributed by atoms with Crippen LogP contribution < -0.4 is 5.32 Å². The van der Waals surface area contributed by atoms with Gasteiger partial charge in [0.1, 0.15) is 5.01 Å². The summed E-state index contributed by atoms with van der Waals surface area (Å²) in [6.07, 6.45) is 4.03. The molecule has 0 bridgehead atoms. The molecule has 2 aliphatic heterocycles. The lowest BCUT2D eigenvalue weighted by atomic mass is 10.1. The molecular weight excluding hydrogens is 358 g/mol. The maximum absolute atomic E-state index is 4.91. The molecule has 5 rings (SSSR count). The predicted octanol–water partition coefficient (Wildman–Crippen LogP) is 6.00. The fourth-order valence-corrected chi connectivity index (χ4v) is 5.44. The fourth-order valence-electron chi connectivity index (χ4n) is 3.62.